The average Bonchev–Trinajstić information content (AvgIpc) is 2.71. The smallest absolute Gasteiger partial charge is 0.175 e. The predicted octanol–water partition coefficient (Wildman–Crippen LogP) is 4.13. The van der Waals surface area contributed by atoms with Crippen LogP contribution in [0.2, 0.25) is 0 Å². The Morgan fingerprint density at radius 1 is 0.867 bits per heavy atom. The van der Waals surface area contributed by atoms with E-state index in [0.29, 0.717) is 28.7 Å². The van der Waals surface area contributed by atoms with E-state index >= 15 is 0 Å². The molecule has 1 unspecified atom stereocenters. The zero-order valence-electron chi connectivity index (χ0n) is 16.5. The lowest BCUT2D eigenvalue weighted by molar-refractivity contribution is 0.214. The molecule has 0 aliphatic heterocycles. The van der Waals surface area contributed by atoms with Crippen molar-refractivity contribution in [1.29, 1.82) is 0 Å². The Morgan fingerprint density at radius 2 is 1.47 bits per heavy atom. The van der Waals surface area contributed by atoms with E-state index in [-0.39, 0.29) is 16.0 Å². The molecule has 1 atom stereocenters. The second-order valence-electron chi connectivity index (χ2n) is 6.66. The van der Waals surface area contributed by atoms with Crippen LogP contribution < -0.4 is 9.47 Å². The highest BCUT2D eigenvalue weighted by Crippen LogP contribution is 2.40. The lowest BCUT2D eigenvalue weighted by Gasteiger charge is -2.20. The normalized spacial score (nSPS) is 12.5. The van der Waals surface area contributed by atoms with Gasteiger partial charge in [0.2, 0.25) is 0 Å². The number of methoxy groups -OCH3 is 2. The van der Waals surface area contributed by atoms with Crippen molar-refractivity contribution in [2.75, 3.05) is 20.5 Å². The summed E-state index contributed by atoms with van der Waals surface area (Å²) in [5.41, 5.74) is 1.21. The topological polar surface area (TPSA) is 72.8 Å². The highest BCUT2D eigenvalue weighted by molar-refractivity contribution is 7.90. The molecule has 0 amide bonds. The van der Waals surface area contributed by atoms with E-state index in [0.717, 1.165) is 12.3 Å². The maximum atomic E-state index is 14.3. The van der Waals surface area contributed by atoms with Crippen LogP contribution in [0.15, 0.2) is 59.5 Å². The molecule has 0 fully saturated rings. The van der Waals surface area contributed by atoms with E-state index in [1.165, 1.54) is 38.5 Å². The van der Waals surface area contributed by atoms with Crippen LogP contribution in [0, 0.1) is 11.6 Å². The molecule has 1 N–H and O–H groups in total. The summed E-state index contributed by atoms with van der Waals surface area (Å²) in [6.45, 7) is 0. The van der Waals surface area contributed by atoms with Crippen LogP contribution in [0.25, 0.3) is 11.1 Å². The number of halogens is 2. The summed E-state index contributed by atoms with van der Waals surface area (Å²) in [7, 11) is -0.511. The van der Waals surface area contributed by atoms with Crippen LogP contribution in [-0.2, 0) is 9.84 Å². The van der Waals surface area contributed by atoms with Gasteiger partial charge in [-0.2, -0.15) is 0 Å². The molecule has 0 bridgehead atoms. The molecule has 0 aliphatic carbocycles. The van der Waals surface area contributed by atoms with Gasteiger partial charge >= 0.3 is 0 Å². The fourth-order valence-corrected chi connectivity index (χ4v) is 3.77. The van der Waals surface area contributed by atoms with Gasteiger partial charge in [-0.05, 0) is 47.0 Å². The van der Waals surface area contributed by atoms with Crippen LogP contribution in [-0.4, -0.2) is 34.0 Å². The number of sulfone groups is 1. The van der Waals surface area contributed by atoms with Crippen molar-refractivity contribution in [3.05, 3.63) is 77.4 Å². The van der Waals surface area contributed by atoms with E-state index in [1.807, 2.05) is 0 Å². The third-order valence-electron chi connectivity index (χ3n) is 4.70. The Hall–Kier alpha value is -2.97. The van der Waals surface area contributed by atoms with Crippen LogP contribution in [0.1, 0.15) is 17.2 Å². The molecule has 158 valence electrons. The molecule has 5 nitrogen and oxygen atoms in total. The first kappa shape index (κ1) is 21.7. The third kappa shape index (κ3) is 4.29. The Kier molecular flexibility index (Phi) is 6.09. The summed E-state index contributed by atoms with van der Waals surface area (Å²) in [6, 6.07) is 12.1. The van der Waals surface area contributed by atoms with Crippen LogP contribution in [0.5, 0.6) is 11.5 Å². The lowest BCUT2D eigenvalue weighted by Crippen LogP contribution is -2.06. The van der Waals surface area contributed by atoms with E-state index < -0.39 is 27.6 Å². The van der Waals surface area contributed by atoms with Gasteiger partial charge in [-0.3, -0.25) is 0 Å². The minimum Gasteiger partial charge on any atom is -0.493 e. The van der Waals surface area contributed by atoms with Crippen molar-refractivity contribution in [3.8, 4) is 22.6 Å². The number of aliphatic hydroxyl groups excluding tert-OH is 1. The van der Waals surface area contributed by atoms with Crippen molar-refractivity contribution in [2.45, 2.75) is 11.0 Å². The van der Waals surface area contributed by atoms with Crippen molar-refractivity contribution >= 4 is 9.84 Å². The molecule has 0 heterocycles. The maximum absolute atomic E-state index is 14.3. The van der Waals surface area contributed by atoms with E-state index in [2.05, 4.69) is 0 Å². The Balaban J connectivity index is 2.21. The largest absolute Gasteiger partial charge is 0.493 e. The summed E-state index contributed by atoms with van der Waals surface area (Å²) in [5.74, 6) is -0.969. The van der Waals surface area contributed by atoms with Gasteiger partial charge in [-0.1, -0.05) is 18.2 Å². The highest BCUT2D eigenvalue weighted by atomic mass is 32.2. The lowest BCUT2D eigenvalue weighted by atomic mass is 9.92. The monoisotopic (exact) mass is 434 g/mol. The SMILES string of the molecule is COc1cc(-c2ccc(S(C)(=O)=O)cc2)c(C(O)c2ccc(F)cc2F)cc1OC. The summed E-state index contributed by atoms with van der Waals surface area (Å²) >= 11 is 0. The molecule has 0 saturated carbocycles. The first-order valence-electron chi connectivity index (χ1n) is 8.85. The van der Waals surface area contributed by atoms with Gasteiger partial charge < -0.3 is 14.6 Å². The van der Waals surface area contributed by atoms with Gasteiger partial charge in [0.1, 0.15) is 17.7 Å². The summed E-state index contributed by atoms with van der Waals surface area (Å²) < 4.78 is 61.7. The zero-order valence-corrected chi connectivity index (χ0v) is 17.3. The fraction of sp³-hybridized carbons (Fsp3) is 0.182. The molecule has 0 saturated heterocycles. The minimum absolute atomic E-state index is 0.113. The van der Waals surface area contributed by atoms with Gasteiger partial charge in [-0.15, -0.1) is 0 Å². The van der Waals surface area contributed by atoms with Gasteiger partial charge in [0.15, 0.2) is 21.3 Å². The molecule has 30 heavy (non-hydrogen) atoms. The molecule has 8 heteroatoms. The van der Waals surface area contributed by atoms with Crippen molar-refractivity contribution < 1.29 is 31.8 Å². The molecule has 3 rings (SSSR count). The van der Waals surface area contributed by atoms with Crippen LogP contribution >= 0.6 is 0 Å². The van der Waals surface area contributed by atoms with Gasteiger partial charge in [0.25, 0.3) is 0 Å². The van der Waals surface area contributed by atoms with Gasteiger partial charge in [0, 0.05) is 17.9 Å². The first-order valence-corrected chi connectivity index (χ1v) is 10.7. The average molecular weight is 434 g/mol. The summed E-state index contributed by atoms with van der Waals surface area (Å²) in [4.78, 5) is 0.137. The highest BCUT2D eigenvalue weighted by Gasteiger charge is 2.23. The van der Waals surface area contributed by atoms with E-state index in [1.54, 1.807) is 18.2 Å². The number of hydrogen-bond donors (Lipinski definition) is 1. The molecular weight excluding hydrogens is 414 g/mol. The summed E-state index contributed by atoms with van der Waals surface area (Å²) in [6.07, 6.45) is -0.333. The van der Waals surface area contributed by atoms with Crippen molar-refractivity contribution in [2.24, 2.45) is 0 Å². The maximum Gasteiger partial charge on any atom is 0.175 e. The van der Waals surface area contributed by atoms with Crippen LogP contribution in [0.3, 0.4) is 0 Å². The standard InChI is InChI=1S/C22H20F2O5S/c1-28-20-11-17(13-4-7-15(8-5-13)30(3,26)27)18(12-21(20)29-2)22(25)16-9-6-14(23)10-19(16)24/h4-12,22,25H,1-3H3. The zero-order chi connectivity index (χ0) is 22.1. The molecule has 0 aliphatic rings. The van der Waals surface area contributed by atoms with E-state index in [4.69, 9.17) is 9.47 Å². The molecule has 0 aromatic heterocycles. The first-order chi connectivity index (χ1) is 14.2. The molecule has 3 aromatic rings. The van der Waals surface area contributed by atoms with Crippen LogP contribution in [0.4, 0.5) is 8.78 Å². The molecule has 0 spiro atoms. The molecular formula is C22H20F2O5S. The number of rotatable bonds is 6. The fourth-order valence-electron chi connectivity index (χ4n) is 3.14. The minimum atomic E-state index is -3.38. The number of hydrogen-bond acceptors (Lipinski definition) is 5. The van der Waals surface area contributed by atoms with Gasteiger partial charge in [-0.25, -0.2) is 17.2 Å². The number of ether oxygens (including phenoxy) is 2. The number of benzene rings is 3. The van der Waals surface area contributed by atoms with E-state index in [9.17, 15) is 22.3 Å². The molecule has 0 radical (unpaired) electrons. The second-order valence-corrected chi connectivity index (χ2v) is 8.68. The Morgan fingerprint density at radius 3 is 2.00 bits per heavy atom. The summed E-state index contributed by atoms with van der Waals surface area (Å²) in [5, 5.41) is 10.9. The third-order valence-corrected chi connectivity index (χ3v) is 5.83. The Bertz CT molecular complexity index is 1170. The molecule has 3 aromatic carbocycles. The van der Waals surface area contributed by atoms with Crippen molar-refractivity contribution in [1.82, 2.24) is 0 Å². The quantitative estimate of drug-likeness (QED) is 0.632. The predicted molar refractivity (Wildman–Crippen MR) is 109 cm³/mol. The van der Waals surface area contributed by atoms with Crippen molar-refractivity contribution in [3.63, 3.8) is 0 Å². The number of aliphatic hydroxyl groups is 1. The second kappa shape index (κ2) is 8.41. The Labute approximate surface area is 173 Å². The van der Waals surface area contributed by atoms with Gasteiger partial charge in [0.05, 0.1) is 19.1 Å².